The SMILES string of the molecule is Cn1c(C(F)(F)F)cc(=O)n(-c2c(F)cc3c(c2NC(=O)c2ccc4ccccc4c2)NC(=O)CO3)c1=O. The molecular formula is C25H16F4N4O5. The lowest BCUT2D eigenvalue weighted by molar-refractivity contribution is -0.144. The molecule has 194 valence electrons. The standard InChI is InChI=1S/C25H16F4N4O5/c1-32-17(25(27,28)29)10-19(35)33(24(32)37)22-15(26)9-16-20(30-18(34)11-38-16)21(22)31-23(36)14-7-6-12-4-2-3-5-13(12)8-14/h2-10H,11H2,1H3,(H,30,34)(H,31,36). The zero-order valence-corrected chi connectivity index (χ0v) is 19.4. The molecule has 38 heavy (non-hydrogen) atoms. The second kappa shape index (κ2) is 8.87. The Hall–Kier alpha value is -4.94. The van der Waals surface area contributed by atoms with Gasteiger partial charge in [-0.1, -0.05) is 30.3 Å². The highest BCUT2D eigenvalue weighted by Gasteiger charge is 2.36. The van der Waals surface area contributed by atoms with Gasteiger partial charge < -0.3 is 15.4 Å². The molecule has 0 atom stereocenters. The first-order chi connectivity index (χ1) is 18.0. The van der Waals surface area contributed by atoms with Gasteiger partial charge in [-0.3, -0.25) is 19.0 Å². The maximum Gasteiger partial charge on any atom is 0.431 e. The van der Waals surface area contributed by atoms with Crippen LogP contribution in [0.4, 0.5) is 28.9 Å². The van der Waals surface area contributed by atoms with Crippen molar-refractivity contribution in [1.82, 2.24) is 9.13 Å². The van der Waals surface area contributed by atoms with E-state index in [0.29, 0.717) is 5.39 Å². The molecule has 0 radical (unpaired) electrons. The van der Waals surface area contributed by atoms with E-state index in [1.807, 2.05) is 6.07 Å². The lowest BCUT2D eigenvalue weighted by atomic mass is 10.1. The van der Waals surface area contributed by atoms with Crippen molar-refractivity contribution >= 4 is 34.0 Å². The zero-order chi connectivity index (χ0) is 27.4. The van der Waals surface area contributed by atoms with Gasteiger partial charge in [-0.05, 0) is 22.9 Å². The Morgan fingerprint density at radius 2 is 1.74 bits per heavy atom. The van der Waals surface area contributed by atoms with Crippen molar-refractivity contribution in [3.8, 4) is 11.4 Å². The second-order valence-electron chi connectivity index (χ2n) is 8.35. The number of nitrogens with zero attached hydrogens (tertiary/aromatic N) is 2. The van der Waals surface area contributed by atoms with Crippen molar-refractivity contribution in [2.75, 3.05) is 17.2 Å². The maximum absolute atomic E-state index is 15.4. The summed E-state index contributed by atoms with van der Waals surface area (Å²) in [7, 11) is 0.760. The number of hydrogen-bond donors (Lipinski definition) is 2. The second-order valence-corrected chi connectivity index (χ2v) is 8.35. The molecule has 0 unspecified atom stereocenters. The van der Waals surface area contributed by atoms with Gasteiger partial charge in [0.15, 0.2) is 12.4 Å². The lowest BCUT2D eigenvalue weighted by Crippen LogP contribution is -2.41. The van der Waals surface area contributed by atoms with E-state index >= 15 is 4.39 Å². The highest BCUT2D eigenvalue weighted by Crippen LogP contribution is 2.41. The van der Waals surface area contributed by atoms with Gasteiger partial charge >= 0.3 is 11.9 Å². The van der Waals surface area contributed by atoms with Crippen LogP contribution in [0.5, 0.6) is 5.75 Å². The van der Waals surface area contributed by atoms with Crippen LogP contribution in [0.3, 0.4) is 0 Å². The van der Waals surface area contributed by atoms with E-state index in [4.69, 9.17) is 4.74 Å². The van der Waals surface area contributed by atoms with Gasteiger partial charge in [0.05, 0.1) is 5.69 Å². The Bertz CT molecular complexity index is 1780. The van der Waals surface area contributed by atoms with E-state index in [1.165, 1.54) is 12.1 Å². The molecule has 0 saturated heterocycles. The number of anilines is 2. The van der Waals surface area contributed by atoms with Gasteiger partial charge in [-0.25, -0.2) is 13.8 Å². The van der Waals surface area contributed by atoms with Crippen LogP contribution in [0.1, 0.15) is 16.1 Å². The summed E-state index contributed by atoms with van der Waals surface area (Å²) in [6.45, 7) is -0.480. The monoisotopic (exact) mass is 528 g/mol. The minimum absolute atomic E-state index is 0.100. The number of fused-ring (bicyclic) bond motifs is 2. The number of halogens is 4. The first kappa shape index (κ1) is 24.7. The number of nitrogens with one attached hydrogen (secondary N) is 2. The Morgan fingerprint density at radius 1 is 1.03 bits per heavy atom. The minimum atomic E-state index is -5.05. The fourth-order valence-corrected chi connectivity index (χ4v) is 4.13. The van der Waals surface area contributed by atoms with Gasteiger partial charge in [0.25, 0.3) is 17.4 Å². The van der Waals surface area contributed by atoms with E-state index in [9.17, 15) is 32.3 Å². The summed E-state index contributed by atoms with van der Waals surface area (Å²) in [4.78, 5) is 51.0. The van der Waals surface area contributed by atoms with Crippen LogP contribution in [0, 0.1) is 5.82 Å². The van der Waals surface area contributed by atoms with E-state index in [2.05, 4.69) is 10.6 Å². The van der Waals surface area contributed by atoms with E-state index < -0.39 is 58.7 Å². The molecule has 1 aromatic heterocycles. The van der Waals surface area contributed by atoms with Gasteiger partial charge in [0.1, 0.15) is 22.8 Å². The van der Waals surface area contributed by atoms with Crippen molar-refractivity contribution < 1.29 is 31.9 Å². The summed E-state index contributed by atoms with van der Waals surface area (Å²) < 4.78 is 60.9. The summed E-state index contributed by atoms with van der Waals surface area (Å²) in [6.07, 6.45) is -5.05. The van der Waals surface area contributed by atoms with Gasteiger partial charge in [-0.2, -0.15) is 13.2 Å². The topological polar surface area (TPSA) is 111 Å². The van der Waals surface area contributed by atoms with Gasteiger partial charge in [-0.15, -0.1) is 0 Å². The Kier molecular flexibility index (Phi) is 5.77. The molecule has 0 aliphatic carbocycles. The molecule has 2 N–H and O–H groups in total. The number of hydrogen-bond acceptors (Lipinski definition) is 5. The molecule has 9 nitrogen and oxygen atoms in total. The molecular weight excluding hydrogens is 512 g/mol. The number of rotatable bonds is 3. The average molecular weight is 528 g/mol. The Labute approximate surface area is 209 Å². The Balaban J connectivity index is 1.73. The van der Waals surface area contributed by atoms with Crippen molar-refractivity contribution in [3.63, 3.8) is 0 Å². The molecule has 2 amide bonds. The van der Waals surface area contributed by atoms with Crippen LogP contribution in [0.15, 0.2) is 64.2 Å². The normalized spacial score (nSPS) is 13.0. The molecule has 13 heteroatoms. The van der Waals surface area contributed by atoms with Crippen LogP contribution in [-0.2, 0) is 18.0 Å². The van der Waals surface area contributed by atoms with Crippen LogP contribution in [0.2, 0.25) is 0 Å². The fraction of sp³-hybridized carbons (Fsp3) is 0.120. The van der Waals surface area contributed by atoms with Gasteiger partial charge in [0, 0.05) is 24.7 Å². The molecule has 1 aliphatic heterocycles. The third-order valence-corrected chi connectivity index (χ3v) is 5.92. The quantitative estimate of drug-likeness (QED) is 0.396. The number of aromatic nitrogens is 2. The van der Waals surface area contributed by atoms with Crippen molar-refractivity contribution in [2.24, 2.45) is 7.05 Å². The van der Waals surface area contributed by atoms with E-state index in [0.717, 1.165) is 18.5 Å². The predicted molar refractivity (Wildman–Crippen MR) is 128 cm³/mol. The molecule has 5 rings (SSSR count). The third kappa shape index (κ3) is 4.17. The molecule has 3 aromatic carbocycles. The summed E-state index contributed by atoms with van der Waals surface area (Å²) in [6, 6.07) is 12.7. The zero-order valence-electron chi connectivity index (χ0n) is 19.4. The number of alkyl halides is 3. The van der Waals surface area contributed by atoms with Gasteiger partial charge in [0.2, 0.25) is 0 Å². The molecule has 4 aromatic rings. The molecule has 0 saturated carbocycles. The Morgan fingerprint density at radius 3 is 2.45 bits per heavy atom. The smallest absolute Gasteiger partial charge is 0.431 e. The average Bonchev–Trinajstić information content (AvgIpc) is 2.87. The minimum Gasteiger partial charge on any atom is -0.481 e. The maximum atomic E-state index is 15.4. The number of carbonyl (C=O) groups excluding carboxylic acids is 2. The summed E-state index contributed by atoms with van der Waals surface area (Å²) >= 11 is 0. The van der Waals surface area contributed by atoms with E-state index in [1.54, 1.807) is 24.3 Å². The van der Waals surface area contributed by atoms with Crippen LogP contribution in [-0.4, -0.2) is 27.6 Å². The highest BCUT2D eigenvalue weighted by molar-refractivity contribution is 6.11. The van der Waals surface area contributed by atoms with Crippen LogP contribution >= 0.6 is 0 Å². The number of benzene rings is 3. The first-order valence-electron chi connectivity index (χ1n) is 11.0. The lowest BCUT2D eigenvalue weighted by Gasteiger charge is -2.24. The number of ether oxygens (including phenoxy) is 1. The largest absolute Gasteiger partial charge is 0.481 e. The number of carbonyl (C=O) groups is 2. The van der Waals surface area contributed by atoms with Crippen molar-refractivity contribution in [2.45, 2.75) is 6.18 Å². The molecule has 0 fully saturated rings. The predicted octanol–water partition coefficient (Wildman–Crippen LogP) is 3.43. The fourth-order valence-electron chi connectivity index (χ4n) is 4.13. The number of amides is 2. The van der Waals surface area contributed by atoms with Crippen molar-refractivity contribution in [1.29, 1.82) is 0 Å². The molecule has 0 bridgehead atoms. The summed E-state index contributed by atoms with van der Waals surface area (Å²) in [5.74, 6) is -3.01. The van der Waals surface area contributed by atoms with Crippen LogP contribution < -0.4 is 26.6 Å². The first-order valence-corrected chi connectivity index (χ1v) is 11.0. The highest BCUT2D eigenvalue weighted by atomic mass is 19.4. The van der Waals surface area contributed by atoms with Crippen LogP contribution in [0.25, 0.3) is 16.5 Å². The third-order valence-electron chi connectivity index (χ3n) is 5.92. The summed E-state index contributed by atoms with van der Waals surface area (Å²) in [5.41, 5.74) is -6.20. The molecule has 1 aliphatic rings. The van der Waals surface area contributed by atoms with E-state index in [-0.39, 0.29) is 32.2 Å². The van der Waals surface area contributed by atoms with Crippen molar-refractivity contribution in [3.05, 3.63) is 92.5 Å². The molecule has 2 heterocycles. The molecule has 0 spiro atoms. The summed E-state index contributed by atoms with van der Waals surface area (Å²) in [5, 5.41) is 6.31.